The van der Waals surface area contributed by atoms with Gasteiger partial charge in [-0.05, 0) is 49.7 Å². The van der Waals surface area contributed by atoms with Gasteiger partial charge >= 0.3 is 0 Å². The molecule has 3 nitrogen and oxygen atoms in total. The number of aryl methyl sites for hydroxylation is 1. The van der Waals surface area contributed by atoms with E-state index in [9.17, 15) is 0 Å². The molecule has 0 heterocycles. The Morgan fingerprint density at radius 3 is 2.38 bits per heavy atom. The summed E-state index contributed by atoms with van der Waals surface area (Å²) in [5, 5.41) is 8.20. The molecule has 2 aromatic carbocycles. The summed E-state index contributed by atoms with van der Waals surface area (Å²) in [5.41, 5.74) is 7.34. The molecule has 0 saturated heterocycles. The van der Waals surface area contributed by atoms with Crippen LogP contribution in [0.3, 0.4) is 0 Å². The van der Waals surface area contributed by atoms with Crippen LogP contribution in [0.15, 0.2) is 59.7 Å². The molecule has 2 aromatic rings. The van der Waals surface area contributed by atoms with Crippen LogP contribution in [0.5, 0.6) is 0 Å². The minimum atomic E-state index is 0.503. The summed E-state index contributed by atoms with van der Waals surface area (Å²) in [4.78, 5) is 0. The molecule has 0 aliphatic carbocycles. The van der Waals surface area contributed by atoms with Crippen LogP contribution in [-0.4, -0.2) is 10.8 Å². The van der Waals surface area contributed by atoms with Crippen molar-refractivity contribution in [2.75, 3.05) is 5.32 Å². The Kier molecular flexibility index (Phi) is 7.43. The number of unbranched alkanes of at least 4 members (excludes halogenated alkanes) is 2. The molecule has 0 aliphatic heterocycles. The van der Waals surface area contributed by atoms with Crippen LogP contribution in [0.1, 0.15) is 43.7 Å². The predicted octanol–water partition coefficient (Wildman–Crippen LogP) is 5.27. The average Bonchev–Trinajstić information content (AvgIpc) is 2.61. The van der Waals surface area contributed by atoms with E-state index in [0.29, 0.717) is 5.11 Å². The minimum Gasteiger partial charge on any atom is -0.331 e. The van der Waals surface area contributed by atoms with Gasteiger partial charge in [-0.1, -0.05) is 67.8 Å². The molecular weight excluding hydrogens is 314 g/mol. The molecule has 2 rings (SSSR count). The monoisotopic (exact) mass is 339 g/mol. The van der Waals surface area contributed by atoms with Gasteiger partial charge in [-0.3, -0.25) is 5.43 Å². The standard InChI is InChI=1S/C20H25N3S/c1-3-4-6-11-19(17-9-7-5-8-10-17)22-23-20(24)21-18-14-12-16(2)13-15-18/h5,7-10,12-15H,3-4,6,11H2,1-2H3,(H2,21,23,24)/b22-19+. The van der Waals surface area contributed by atoms with E-state index in [1.807, 2.05) is 42.5 Å². The molecule has 24 heavy (non-hydrogen) atoms. The highest BCUT2D eigenvalue weighted by molar-refractivity contribution is 7.80. The molecule has 0 bridgehead atoms. The fourth-order valence-corrected chi connectivity index (χ4v) is 2.52. The first kappa shape index (κ1) is 18.1. The number of anilines is 1. The largest absolute Gasteiger partial charge is 0.331 e. The summed E-state index contributed by atoms with van der Waals surface area (Å²) >= 11 is 5.34. The molecule has 0 unspecified atom stereocenters. The number of nitrogens with zero attached hydrogens (tertiary/aromatic N) is 1. The Bertz CT molecular complexity index is 663. The number of thiocarbonyl (C=S) groups is 1. The topological polar surface area (TPSA) is 36.4 Å². The quantitative estimate of drug-likeness (QED) is 0.312. The molecule has 0 aliphatic rings. The van der Waals surface area contributed by atoms with Crippen LogP contribution in [0.4, 0.5) is 5.69 Å². The van der Waals surface area contributed by atoms with Crippen LogP contribution < -0.4 is 10.7 Å². The number of nitrogens with one attached hydrogen (secondary N) is 2. The molecule has 2 N–H and O–H groups in total. The van der Waals surface area contributed by atoms with Gasteiger partial charge in [0.15, 0.2) is 5.11 Å². The normalized spacial score (nSPS) is 11.2. The van der Waals surface area contributed by atoms with Gasteiger partial charge < -0.3 is 5.32 Å². The Balaban J connectivity index is 2.00. The highest BCUT2D eigenvalue weighted by atomic mass is 32.1. The number of hydrazone groups is 1. The lowest BCUT2D eigenvalue weighted by Gasteiger charge is -2.10. The minimum absolute atomic E-state index is 0.503. The fourth-order valence-electron chi connectivity index (χ4n) is 2.35. The first-order chi connectivity index (χ1) is 11.7. The van der Waals surface area contributed by atoms with E-state index >= 15 is 0 Å². The molecular formula is C20H25N3S. The molecule has 0 saturated carbocycles. The summed E-state index contributed by atoms with van der Waals surface area (Å²) in [6.07, 6.45) is 4.48. The lowest BCUT2D eigenvalue weighted by molar-refractivity contribution is 0.739. The zero-order valence-electron chi connectivity index (χ0n) is 14.4. The summed E-state index contributed by atoms with van der Waals surface area (Å²) in [5.74, 6) is 0. The van der Waals surface area contributed by atoms with Crippen molar-refractivity contribution in [2.24, 2.45) is 5.10 Å². The Hall–Kier alpha value is -2.20. The summed E-state index contributed by atoms with van der Waals surface area (Å²) in [6, 6.07) is 18.4. The van der Waals surface area contributed by atoms with E-state index in [1.54, 1.807) is 0 Å². The smallest absolute Gasteiger partial charge is 0.191 e. The predicted molar refractivity (Wildman–Crippen MR) is 108 cm³/mol. The van der Waals surface area contributed by atoms with E-state index in [0.717, 1.165) is 29.8 Å². The van der Waals surface area contributed by atoms with Gasteiger partial charge in [0.25, 0.3) is 0 Å². The molecule has 4 heteroatoms. The first-order valence-corrected chi connectivity index (χ1v) is 8.85. The van der Waals surface area contributed by atoms with Crippen molar-refractivity contribution in [3.63, 3.8) is 0 Å². The number of hydrogen-bond acceptors (Lipinski definition) is 2. The van der Waals surface area contributed by atoms with Gasteiger partial charge in [0.2, 0.25) is 0 Å². The van der Waals surface area contributed by atoms with Crippen molar-refractivity contribution < 1.29 is 0 Å². The van der Waals surface area contributed by atoms with Crippen LogP contribution >= 0.6 is 12.2 Å². The Labute approximate surface area is 150 Å². The summed E-state index contributed by atoms with van der Waals surface area (Å²) in [7, 11) is 0. The Morgan fingerprint density at radius 2 is 1.71 bits per heavy atom. The zero-order valence-corrected chi connectivity index (χ0v) is 15.2. The third kappa shape index (κ3) is 6.13. The lowest BCUT2D eigenvalue weighted by Crippen LogP contribution is -2.25. The van der Waals surface area contributed by atoms with Crippen LogP contribution in [0.25, 0.3) is 0 Å². The maximum atomic E-state index is 5.34. The Morgan fingerprint density at radius 1 is 1.00 bits per heavy atom. The van der Waals surface area contributed by atoms with Crippen molar-refractivity contribution in [3.8, 4) is 0 Å². The lowest BCUT2D eigenvalue weighted by atomic mass is 10.0. The van der Waals surface area contributed by atoms with Gasteiger partial charge in [0.05, 0.1) is 5.71 Å². The number of benzene rings is 2. The second-order valence-electron chi connectivity index (χ2n) is 5.81. The fraction of sp³-hybridized carbons (Fsp3) is 0.300. The SMILES string of the molecule is CCCCC/C(=N\NC(=S)Nc1ccc(C)cc1)c1ccccc1. The van der Waals surface area contributed by atoms with Gasteiger partial charge in [-0.2, -0.15) is 5.10 Å². The van der Waals surface area contributed by atoms with E-state index in [-0.39, 0.29) is 0 Å². The molecule has 0 atom stereocenters. The number of rotatable bonds is 7. The first-order valence-electron chi connectivity index (χ1n) is 8.44. The van der Waals surface area contributed by atoms with Crippen LogP contribution in [-0.2, 0) is 0 Å². The van der Waals surface area contributed by atoms with Crippen molar-refractivity contribution >= 4 is 28.7 Å². The highest BCUT2D eigenvalue weighted by Crippen LogP contribution is 2.10. The van der Waals surface area contributed by atoms with E-state index in [2.05, 4.69) is 41.8 Å². The van der Waals surface area contributed by atoms with Crippen molar-refractivity contribution in [2.45, 2.75) is 39.5 Å². The van der Waals surface area contributed by atoms with E-state index in [4.69, 9.17) is 12.2 Å². The molecule has 0 amide bonds. The third-order valence-corrected chi connectivity index (χ3v) is 3.92. The maximum Gasteiger partial charge on any atom is 0.191 e. The molecule has 0 fully saturated rings. The molecule has 0 aromatic heterocycles. The van der Waals surface area contributed by atoms with E-state index in [1.165, 1.54) is 18.4 Å². The molecule has 0 spiro atoms. The third-order valence-electron chi connectivity index (χ3n) is 3.73. The van der Waals surface area contributed by atoms with Crippen LogP contribution in [0.2, 0.25) is 0 Å². The van der Waals surface area contributed by atoms with Crippen molar-refractivity contribution in [1.82, 2.24) is 5.43 Å². The second kappa shape index (κ2) is 9.83. The van der Waals surface area contributed by atoms with Gasteiger partial charge in [0.1, 0.15) is 0 Å². The van der Waals surface area contributed by atoms with Gasteiger partial charge in [-0.25, -0.2) is 0 Å². The van der Waals surface area contributed by atoms with Gasteiger partial charge in [-0.15, -0.1) is 0 Å². The van der Waals surface area contributed by atoms with E-state index < -0.39 is 0 Å². The van der Waals surface area contributed by atoms with Crippen molar-refractivity contribution in [3.05, 3.63) is 65.7 Å². The van der Waals surface area contributed by atoms with Crippen LogP contribution in [0, 0.1) is 6.92 Å². The average molecular weight is 340 g/mol. The second-order valence-corrected chi connectivity index (χ2v) is 6.22. The number of hydrogen-bond donors (Lipinski definition) is 2. The highest BCUT2D eigenvalue weighted by Gasteiger charge is 2.04. The summed E-state index contributed by atoms with van der Waals surface area (Å²) in [6.45, 7) is 4.27. The molecule has 0 radical (unpaired) electrons. The van der Waals surface area contributed by atoms with Gasteiger partial charge in [0, 0.05) is 5.69 Å². The zero-order chi connectivity index (χ0) is 17.2. The maximum absolute atomic E-state index is 5.34. The molecule has 126 valence electrons. The van der Waals surface area contributed by atoms with Crippen molar-refractivity contribution in [1.29, 1.82) is 0 Å². The summed E-state index contributed by atoms with van der Waals surface area (Å²) < 4.78 is 0.